The van der Waals surface area contributed by atoms with Crippen LogP contribution < -0.4 is 5.32 Å². The van der Waals surface area contributed by atoms with E-state index in [0.29, 0.717) is 6.61 Å². The molecule has 1 aromatic rings. The SMILES string of the molecule is CC1(C)COC(C)(c2cccc(O)c2)N1.Cl. The van der Waals surface area contributed by atoms with Crippen LogP contribution in [0.25, 0.3) is 0 Å². The van der Waals surface area contributed by atoms with E-state index in [-0.39, 0.29) is 23.7 Å². The van der Waals surface area contributed by atoms with E-state index in [2.05, 4.69) is 19.2 Å². The Labute approximate surface area is 102 Å². The number of phenols is 1. The molecule has 0 radical (unpaired) electrons. The molecule has 0 aliphatic carbocycles. The summed E-state index contributed by atoms with van der Waals surface area (Å²) in [6.07, 6.45) is 0. The standard InChI is InChI=1S/C12H17NO2.ClH/c1-11(2)8-15-12(3,13-11)9-5-4-6-10(14)7-9;/h4-7,13-14H,8H2,1-3H3;1H. The van der Waals surface area contributed by atoms with Crippen molar-refractivity contribution >= 4 is 12.4 Å². The Kier molecular flexibility index (Phi) is 3.53. The van der Waals surface area contributed by atoms with Crippen molar-refractivity contribution in [3.05, 3.63) is 29.8 Å². The third-order valence-electron chi connectivity index (χ3n) is 2.70. The lowest BCUT2D eigenvalue weighted by atomic mass is 10.0. The first-order chi connectivity index (χ1) is 6.91. The maximum absolute atomic E-state index is 9.43. The number of hydrogen-bond acceptors (Lipinski definition) is 3. The molecule has 2 rings (SSSR count). The molecule has 1 aromatic carbocycles. The zero-order valence-corrected chi connectivity index (χ0v) is 10.6. The second-order valence-corrected chi connectivity index (χ2v) is 4.88. The Morgan fingerprint density at radius 3 is 2.50 bits per heavy atom. The van der Waals surface area contributed by atoms with E-state index >= 15 is 0 Å². The highest BCUT2D eigenvalue weighted by atomic mass is 35.5. The summed E-state index contributed by atoms with van der Waals surface area (Å²) in [5.74, 6) is 0.267. The molecule has 3 nitrogen and oxygen atoms in total. The van der Waals surface area contributed by atoms with Crippen molar-refractivity contribution < 1.29 is 9.84 Å². The molecule has 1 aliphatic rings. The minimum Gasteiger partial charge on any atom is -0.508 e. The molecule has 0 amide bonds. The van der Waals surface area contributed by atoms with Crippen LogP contribution in [0.2, 0.25) is 0 Å². The molecule has 1 heterocycles. The van der Waals surface area contributed by atoms with Crippen LogP contribution in [-0.2, 0) is 10.5 Å². The molecule has 1 atom stereocenters. The number of phenolic OH excluding ortho intramolecular Hbond substituents is 1. The van der Waals surface area contributed by atoms with Gasteiger partial charge in [0, 0.05) is 11.1 Å². The maximum Gasteiger partial charge on any atom is 0.143 e. The van der Waals surface area contributed by atoms with Crippen molar-refractivity contribution in [1.29, 1.82) is 0 Å². The Balaban J connectivity index is 0.00000128. The van der Waals surface area contributed by atoms with Crippen molar-refractivity contribution in [1.82, 2.24) is 5.32 Å². The van der Waals surface area contributed by atoms with Crippen molar-refractivity contribution in [2.45, 2.75) is 32.0 Å². The predicted octanol–water partition coefficient (Wildman–Crippen LogP) is 2.39. The van der Waals surface area contributed by atoms with Crippen LogP contribution in [0.3, 0.4) is 0 Å². The van der Waals surface area contributed by atoms with E-state index in [4.69, 9.17) is 4.74 Å². The first-order valence-electron chi connectivity index (χ1n) is 5.14. The molecule has 1 unspecified atom stereocenters. The van der Waals surface area contributed by atoms with Crippen LogP contribution in [0.1, 0.15) is 26.3 Å². The molecule has 1 aliphatic heterocycles. The van der Waals surface area contributed by atoms with Crippen molar-refractivity contribution in [2.24, 2.45) is 0 Å². The molecule has 2 N–H and O–H groups in total. The van der Waals surface area contributed by atoms with Crippen molar-refractivity contribution in [2.75, 3.05) is 6.61 Å². The van der Waals surface area contributed by atoms with Gasteiger partial charge >= 0.3 is 0 Å². The van der Waals surface area contributed by atoms with E-state index in [1.54, 1.807) is 12.1 Å². The van der Waals surface area contributed by atoms with E-state index in [0.717, 1.165) is 5.56 Å². The van der Waals surface area contributed by atoms with Crippen LogP contribution in [0.15, 0.2) is 24.3 Å². The molecule has 90 valence electrons. The summed E-state index contributed by atoms with van der Waals surface area (Å²) in [6.45, 7) is 6.85. The molecule has 0 bridgehead atoms. The van der Waals surface area contributed by atoms with E-state index in [1.807, 2.05) is 19.1 Å². The average Bonchev–Trinajstić information content (AvgIpc) is 2.42. The summed E-state index contributed by atoms with van der Waals surface area (Å²) in [6, 6.07) is 7.17. The number of rotatable bonds is 1. The highest BCUT2D eigenvalue weighted by Crippen LogP contribution is 2.33. The first kappa shape index (κ1) is 13.3. The fourth-order valence-corrected chi connectivity index (χ4v) is 2.00. The third-order valence-corrected chi connectivity index (χ3v) is 2.70. The topological polar surface area (TPSA) is 41.5 Å². The fourth-order valence-electron chi connectivity index (χ4n) is 2.00. The maximum atomic E-state index is 9.43. The van der Waals surface area contributed by atoms with Crippen LogP contribution in [0.5, 0.6) is 5.75 Å². The summed E-state index contributed by atoms with van der Waals surface area (Å²) >= 11 is 0. The van der Waals surface area contributed by atoms with Gasteiger partial charge in [-0.15, -0.1) is 12.4 Å². The third kappa shape index (κ3) is 2.48. The van der Waals surface area contributed by atoms with Crippen LogP contribution in [-0.4, -0.2) is 17.3 Å². The predicted molar refractivity (Wildman–Crippen MR) is 65.9 cm³/mol. The molecule has 1 fully saturated rings. The average molecular weight is 244 g/mol. The van der Waals surface area contributed by atoms with E-state index < -0.39 is 5.72 Å². The van der Waals surface area contributed by atoms with Gasteiger partial charge in [-0.1, -0.05) is 12.1 Å². The van der Waals surface area contributed by atoms with Gasteiger partial charge in [0.15, 0.2) is 0 Å². The number of nitrogens with one attached hydrogen (secondary N) is 1. The monoisotopic (exact) mass is 243 g/mol. The number of benzene rings is 1. The molecule has 1 saturated heterocycles. The molecule has 0 saturated carbocycles. The summed E-state index contributed by atoms with van der Waals surface area (Å²) in [7, 11) is 0. The van der Waals surface area contributed by atoms with Gasteiger partial charge < -0.3 is 9.84 Å². The van der Waals surface area contributed by atoms with Crippen LogP contribution in [0, 0.1) is 0 Å². The fraction of sp³-hybridized carbons (Fsp3) is 0.500. The minimum absolute atomic E-state index is 0. The Morgan fingerprint density at radius 1 is 1.31 bits per heavy atom. The van der Waals surface area contributed by atoms with Crippen LogP contribution >= 0.6 is 12.4 Å². The number of ether oxygens (including phenoxy) is 1. The number of halogens is 1. The van der Waals surface area contributed by atoms with Gasteiger partial charge in [-0.05, 0) is 32.9 Å². The normalized spacial score (nSPS) is 27.4. The van der Waals surface area contributed by atoms with E-state index in [9.17, 15) is 5.11 Å². The first-order valence-corrected chi connectivity index (χ1v) is 5.14. The van der Waals surface area contributed by atoms with Gasteiger partial charge in [0.05, 0.1) is 6.61 Å². The van der Waals surface area contributed by atoms with Crippen molar-refractivity contribution in [3.8, 4) is 5.75 Å². The zero-order chi connectivity index (χ0) is 11.1. The molecular weight excluding hydrogens is 226 g/mol. The summed E-state index contributed by atoms with van der Waals surface area (Å²) in [5.41, 5.74) is 0.427. The zero-order valence-electron chi connectivity index (χ0n) is 9.78. The quantitative estimate of drug-likeness (QED) is 0.796. The highest BCUT2D eigenvalue weighted by Gasteiger charge is 2.41. The molecule has 4 heteroatoms. The summed E-state index contributed by atoms with van der Waals surface area (Å²) in [5, 5.41) is 12.9. The van der Waals surface area contributed by atoms with Crippen molar-refractivity contribution in [3.63, 3.8) is 0 Å². The summed E-state index contributed by atoms with van der Waals surface area (Å²) < 4.78 is 5.77. The Hall–Kier alpha value is -0.770. The van der Waals surface area contributed by atoms with Gasteiger partial charge in [-0.3, -0.25) is 5.32 Å². The highest BCUT2D eigenvalue weighted by molar-refractivity contribution is 5.85. The van der Waals surface area contributed by atoms with Crippen LogP contribution in [0.4, 0.5) is 0 Å². The largest absolute Gasteiger partial charge is 0.508 e. The summed E-state index contributed by atoms with van der Waals surface area (Å²) in [4.78, 5) is 0. The lowest BCUT2D eigenvalue weighted by Crippen LogP contribution is -2.44. The second-order valence-electron chi connectivity index (χ2n) is 4.88. The van der Waals surface area contributed by atoms with Gasteiger partial charge in [-0.2, -0.15) is 0 Å². The van der Waals surface area contributed by atoms with Gasteiger partial charge in [0.25, 0.3) is 0 Å². The Morgan fingerprint density at radius 2 is 2.00 bits per heavy atom. The lowest BCUT2D eigenvalue weighted by Gasteiger charge is -2.27. The molecule has 0 aromatic heterocycles. The van der Waals surface area contributed by atoms with E-state index in [1.165, 1.54) is 0 Å². The molecule has 16 heavy (non-hydrogen) atoms. The lowest BCUT2D eigenvalue weighted by molar-refractivity contribution is 0.00204. The number of hydrogen-bond donors (Lipinski definition) is 2. The smallest absolute Gasteiger partial charge is 0.143 e. The molecular formula is C12H18ClNO2. The Bertz CT molecular complexity index is 381. The number of aromatic hydroxyl groups is 1. The van der Waals surface area contributed by atoms with Gasteiger partial charge in [-0.25, -0.2) is 0 Å². The molecule has 0 spiro atoms. The van der Waals surface area contributed by atoms with Gasteiger partial charge in [0.2, 0.25) is 0 Å². The van der Waals surface area contributed by atoms with Gasteiger partial charge in [0.1, 0.15) is 11.5 Å². The second kappa shape index (κ2) is 4.24. The minimum atomic E-state index is -0.498.